The van der Waals surface area contributed by atoms with Gasteiger partial charge < -0.3 is 14.6 Å². The molecule has 1 aromatic rings. The first kappa shape index (κ1) is 24.9. The zero-order valence-corrected chi connectivity index (χ0v) is 18.9. The van der Waals surface area contributed by atoms with E-state index in [1.165, 1.54) is 0 Å². The lowest BCUT2D eigenvalue weighted by Crippen LogP contribution is -2.14. The van der Waals surface area contributed by atoms with E-state index in [9.17, 15) is 14.7 Å². The fourth-order valence-electron chi connectivity index (χ4n) is 3.18. The smallest absolute Gasteiger partial charge is 0.306 e. The molecule has 0 aliphatic heterocycles. The third kappa shape index (κ3) is 9.53. The maximum Gasteiger partial charge on any atom is 0.306 e. The van der Waals surface area contributed by atoms with Gasteiger partial charge in [0.1, 0.15) is 18.5 Å². The number of unbranched alkanes of at least 4 members (excludes halogenated alkanes) is 1. The highest BCUT2D eigenvalue weighted by Crippen LogP contribution is 2.27. The van der Waals surface area contributed by atoms with Crippen molar-refractivity contribution in [3.63, 3.8) is 0 Å². The lowest BCUT2D eigenvalue weighted by molar-refractivity contribution is -0.147. The summed E-state index contributed by atoms with van der Waals surface area (Å²) in [5, 5.41) is 10.7. The quantitative estimate of drug-likeness (QED) is 0.265. The monoisotopic (exact) mass is 446 g/mol. The molecule has 0 fully saturated rings. The maximum absolute atomic E-state index is 12.2. The van der Waals surface area contributed by atoms with Crippen molar-refractivity contribution in [2.45, 2.75) is 64.6 Å². The number of ether oxygens (including phenoxy) is 2. The number of esters is 1. The van der Waals surface area contributed by atoms with E-state index in [-0.39, 0.29) is 24.5 Å². The first-order valence-electron chi connectivity index (χ1n) is 10.7. The molecule has 0 saturated heterocycles. The molecular weight excluding hydrogens is 416 g/mol. The van der Waals surface area contributed by atoms with Gasteiger partial charge in [0.2, 0.25) is 0 Å². The van der Waals surface area contributed by atoms with Gasteiger partial charge in [-0.3, -0.25) is 9.59 Å². The molecule has 6 heteroatoms. The van der Waals surface area contributed by atoms with Gasteiger partial charge in [-0.25, -0.2) is 0 Å². The van der Waals surface area contributed by atoms with E-state index in [0.29, 0.717) is 36.5 Å². The molecule has 0 saturated carbocycles. The molecule has 0 bridgehead atoms. The lowest BCUT2D eigenvalue weighted by Gasteiger charge is -2.09. The van der Waals surface area contributed by atoms with Crippen LogP contribution in [0, 0.1) is 0 Å². The largest absolute Gasteiger partial charge is 0.491 e. The molecule has 2 rings (SSSR count). The van der Waals surface area contributed by atoms with Crippen LogP contribution in [0.15, 0.2) is 59.7 Å². The van der Waals surface area contributed by atoms with Crippen LogP contribution in [0.25, 0.3) is 0 Å². The predicted molar refractivity (Wildman–Crippen MR) is 122 cm³/mol. The Labute approximate surface area is 189 Å². The molecule has 1 aromatic carbocycles. The third-order valence-electron chi connectivity index (χ3n) is 4.69. The van der Waals surface area contributed by atoms with Crippen LogP contribution < -0.4 is 4.74 Å². The molecule has 1 aliphatic carbocycles. The Balaban J connectivity index is 1.79. The van der Waals surface area contributed by atoms with E-state index in [1.807, 2.05) is 32.1 Å². The van der Waals surface area contributed by atoms with Gasteiger partial charge in [-0.1, -0.05) is 42.0 Å². The minimum atomic E-state index is -0.787. The highest BCUT2D eigenvalue weighted by Gasteiger charge is 2.20. The minimum Gasteiger partial charge on any atom is -0.491 e. The maximum atomic E-state index is 12.2. The van der Waals surface area contributed by atoms with Crippen LogP contribution in [-0.4, -0.2) is 35.7 Å². The summed E-state index contributed by atoms with van der Waals surface area (Å²) in [5.41, 5.74) is 1.74. The zero-order chi connectivity index (χ0) is 22.6. The average Bonchev–Trinajstić information content (AvgIpc) is 3.06. The molecular formula is C25H31ClO5. The van der Waals surface area contributed by atoms with Crippen molar-refractivity contribution in [2.75, 3.05) is 6.61 Å². The van der Waals surface area contributed by atoms with Gasteiger partial charge >= 0.3 is 5.97 Å². The number of ketones is 1. The van der Waals surface area contributed by atoms with Gasteiger partial charge in [-0.2, -0.15) is 0 Å². The fraction of sp³-hybridized carbons (Fsp3) is 0.440. The molecule has 1 N–H and O–H groups in total. The van der Waals surface area contributed by atoms with Crippen LogP contribution in [0.3, 0.4) is 0 Å². The number of Topliss-reactive ketones (excluding diaryl/α,β-unsaturated/α-hetero) is 1. The fourth-order valence-corrected chi connectivity index (χ4v) is 3.36. The first-order valence-corrected chi connectivity index (χ1v) is 11.1. The van der Waals surface area contributed by atoms with Gasteiger partial charge in [0.05, 0.1) is 6.10 Å². The van der Waals surface area contributed by atoms with Crippen molar-refractivity contribution in [3.05, 3.63) is 64.7 Å². The molecule has 168 valence electrons. The topological polar surface area (TPSA) is 72.8 Å². The number of halogens is 1. The summed E-state index contributed by atoms with van der Waals surface area (Å²) in [5.74, 6) is 0.565. The van der Waals surface area contributed by atoms with Crippen molar-refractivity contribution >= 4 is 23.4 Å². The molecule has 0 heterocycles. The number of hydrogen-bond acceptors (Lipinski definition) is 5. The van der Waals surface area contributed by atoms with Crippen LogP contribution in [0.5, 0.6) is 5.75 Å². The number of hydrogen-bond donors (Lipinski definition) is 1. The second-order valence-corrected chi connectivity index (χ2v) is 8.16. The molecule has 5 nitrogen and oxygen atoms in total. The Bertz CT molecular complexity index is 838. The third-order valence-corrected chi connectivity index (χ3v) is 4.92. The van der Waals surface area contributed by atoms with Crippen molar-refractivity contribution in [1.29, 1.82) is 0 Å². The molecule has 0 radical (unpaired) electrons. The molecule has 1 aliphatic rings. The van der Waals surface area contributed by atoms with E-state index in [4.69, 9.17) is 21.1 Å². The Morgan fingerprint density at radius 3 is 2.81 bits per heavy atom. The van der Waals surface area contributed by atoms with E-state index in [0.717, 1.165) is 24.0 Å². The van der Waals surface area contributed by atoms with Gasteiger partial charge in [-0.05, 0) is 63.3 Å². The molecule has 1 atom stereocenters. The molecule has 0 amide bonds. The van der Waals surface area contributed by atoms with Crippen LogP contribution in [0.1, 0.15) is 52.4 Å². The van der Waals surface area contributed by atoms with E-state index >= 15 is 0 Å². The van der Waals surface area contributed by atoms with Gasteiger partial charge in [0.25, 0.3) is 0 Å². The number of allylic oxidation sites excluding steroid dienone is 5. The van der Waals surface area contributed by atoms with Crippen LogP contribution in [-0.2, 0) is 14.3 Å². The van der Waals surface area contributed by atoms with Crippen molar-refractivity contribution < 1.29 is 24.2 Å². The highest BCUT2D eigenvalue weighted by atomic mass is 35.5. The summed E-state index contributed by atoms with van der Waals surface area (Å²) >= 11 is 5.92. The molecule has 0 aromatic heterocycles. The normalized spacial score (nSPS) is 15.5. The summed E-state index contributed by atoms with van der Waals surface area (Å²) in [6.07, 6.45) is 10.2. The Morgan fingerprint density at radius 2 is 2.06 bits per heavy atom. The minimum absolute atomic E-state index is 0.0863. The highest BCUT2D eigenvalue weighted by molar-refractivity contribution is 6.30. The van der Waals surface area contributed by atoms with Crippen LogP contribution in [0.2, 0.25) is 5.02 Å². The summed E-state index contributed by atoms with van der Waals surface area (Å²) in [7, 11) is 0. The predicted octanol–water partition coefficient (Wildman–Crippen LogP) is 5.36. The summed E-state index contributed by atoms with van der Waals surface area (Å²) in [4.78, 5) is 23.7. The van der Waals surface area contributed by atoms with E-state index < -0.39 is 6.10 Å². The average molecular weight is 447 g/mol. The van der Waals surface area contributed by atoms with Crippen molar-refractivity contribution in [3.8, 4) is 5.75 Å². The number of aliphatic hydroxyl groups is 1. The summed E-state index contributed by atoms with van der Waals surface area (Å²) in [6, 6.07) is 7.00. The van der Waals surface area contributed by atoms with E-state index in [1.54, 1.807) is 30.3 Å². The van der Waals surface area contributed by atoms with Crippen LogP contribution in [0.4, 0.5) is 0 Å². The number of aliphatic hydroxyl groups excluding tert-OH is 1. The zero-order valence-electron chi connectivity index (χ0n) is 18.2. The number of carbonyl (C=O) groups is 2. The SMILES string of the molecule is CC(C)OC(=O)CCC/C=C\CC1=C(/C=C/[C@@H](O)COc2cccc(Cl)c2)CCC1=O. The molecule has 31 heavy (non-hydrogen) atoms. The first-order chi connectivity index (χ1) is 14.8. The summed E-state index contributed by atoms with van der Waals surface area (Å²) in [6.45, 7) is 3.77. The Kier molecular flexibility index (Phi) is 10.5. The molecule has 0 spiro atoms. The second-order valence-electron chi connectivity index (χ2n) is 7.73. The number of rotatable bonds is 12. The lowest BCUT2D eigenvalue weighted by atomic mass is 10.1. The van der Waals surface area contributed by atoms with E-state index in [2.05, 4.69) is 0 Å². The van der Waals surface area contributed by atoms with Gasteiger partial charge in [-0.15, -0.1) is 0 Å². The Hall–Kier alpha value is -2.37. The molecule has 0 unspecified atom stereocenters. The van der Waals surface area contributed by atoms with Crippen molar-refractivity contribution in [1.82, 2.24) is 0 Å². The second kappa shape index (κ2) is 13.1. The van der Waals surface area contributed by atoms with Crippen molar-refractivity contribution in [2.24, 2.45) is 0 Å². The van der Waals surface area contributed by atoms with Crippen LogP contribution >= 0.6 is 11.6 Å². The number of benzene rings is 1. The summed E-state index contributed by atoms with van der Waals surface area (Å²) < 4.78 is 10.6. The van der Waals surface area contributed by atoms with Gasteiger partial charge in [0, 0.05) is 23.4 Å². The number of carbonyl (C=O) groups excluding carboxylic acids is 2. The van der Waals surface area contributed by atoms with Gasteiger partial charge in [0.15, 0.2) is 5.78 Å². The standard InChI is InChI=1S/C25H31ClO5/c1-18(2)31-25(29)11-6-4-3-5-10-23-19(13-15-24(23)28)12-14-21(27)17-30-22-9-7-8-20(26)16-22/h3,5,7-9,12,14,16,18,21,27H,4,6,10-11,13,15,17H2,1-2H3/b5-3-,14-12+/t21-/m1/s1. The Morgan fingerprint density at radius 1 is 1.26 bits per heavy atom.